The molecule has 2 amide bonds. The van der Waals surface area contributed by atoms with Crippen LogP contribution in [0.3, 0.4) is 0 Å². The number of aliphatic hydroxyl groups excluding tert-OH is 4. The molecule has 0 radical (unpaired) electrons. The highest BCUT2D eigenvalue weighted by Gasteiger charge is 2.56. The minimum Gasteiger partial charge on any atom is -0.480 e. The number of nitrogens with zero attached hydrogens (tertiary/aromatic N) is 3. The zero-order valence-electron chi connectivity index (χ0n) is 24.5. The molecule has 1 aromatic heterocycles. The number of carboxylic acid groups (broad SMARTS) is 2. The molecule has 0 aliphatic carbocycles. The minimum absolute atomic E-state index is 0.126. The molecule has 43 heavy (non-hydrogen) atoms. The van der Waals surface area contributed by atoms with Gasteiger partial charge in [0.15, 0.2) is 0 Å². The van der Waals surface area contributed by atoms with Crippen molar-refractivity contribution < 1.29 is 59.3 Å². The molecule has 1 aliphatic heterocycles. The van der Waals surface area contributed by atoms with Crippen molar-refractivity contribution in [3.05, 3.63) is 11.9 Å². The summed E-state index contributed by atoms with van der Waals surface area (Å²) in [5, 5.41) is 75.6. The average Bonchev–Trinajstić information content (AvgIpc) is 3.38. The Bertz CT molecular complexity index is 1110. The lowest BCUT2D eigenvalue weighted by Crippen LogP contribution is -2.67. The maximum absolute atomic E-state index is 12.4. The van der Waals surface area contributed by atoms with Crippen molar-refractivity contribution in [3.63, 3.8) is 0 Å². The lowest BCUT2D eigenvalue weighted by atomic mass is 9.87. The zero-order valence-corrected chi connectivity index (χ0v) is 24.5. The lowest BCUT2D eigenvalue weighted by molar-refractivity contribution is -0.258. The Morgan fingerprint density at radius 2 is 1.88 bits per heavy atom. The van der Waals surface area contributed by atoms with Crippen LogP contribution < -0.4 is 16.0 Å². The van der Waals surface area contributed by atoms with Crippen LogP contribution in [0.5, 0.6) is 0 Å². The number of alkyl carbamates (subject to hydrolysis) is 1. The second-order valence-electron chi connectivity index (χ2n) is 11.3. The number of carbonyl (C=O) groups is 4. The van der Waals surface area contributed by atoms with Gasteiger partial charge in [-0.25, -0.2) is 19.1 Å². The highest BCUT2D eigenvalue weighted by Crippen LogP contribution is 2.35. The highest BCUT2D eigenvalue weighted by molar-refractivity contribution is 5.80. The molecule has 7 atom stereocenters. The average molecular weight is 619 g/mol. The van der Waals surface area contributed by atoms with Gasteiger partial charge in [0.1, 0.15) is 30.0 Å². The number of rotatable bonds is 15. The van der Waals surface area contributed by atoms with E-state index >= 15 is 0 Å². The van der Waals surface area contributed by atoms with Crippen molar-refractivity contribution >= 4 is 23.9 Å². The maximum atomic E-state index is 12.4. The Kier molecular flexibility index (Phi) is 12.8. The van der Waals surface area contributed by atoms with Gasteiger partial charge in [0.25, 0.3) is 5.72 Å². The van der Waals surface area contributed by atoms with Crippen LogP contribution in [0.15, 0.2) is 6.20 Å². The first-order valence-electron chi connectivity index (χ1n) is 13.7. The van der Waals surface area contributed by atoms with Crippen molar-refractivity contribution in [1.29, 1.82) is 0 Å². The fourth-order valence-electron chi connectivity index (χ4n) is 4.46. The number of hydrogen-bond acceptors (Lipinski definition) is 13. The van der Waals surface area contributed by atoms with Crippen LogP contribution in [0.25, 0.3) is 0 Å². The highest BCUT2D eigenvalue weighted by atomic mass is 16.6. The second kappa shape index (κ2) is 15.3. The summed E-state index contributed by atoms with van der Waals surface area (Å²) < 4.78 is 11.7. The summed E-state index contributed by atoms with van der Waals surface area (Å²) in [7, 11) is 0. The number of carboxylic acids is 2. The number of aliphatic hydroxyl groups is 4. The molecule has 1 aromatic rings. The van der Waals surface area contributed by atoms with Crippen LogP contribution in [0, 0.1) is 0 Å². The van der Waals surface area contributed by atoms with Gasteiger partial charge in [0, 0.05) is 19.9 Å². The van der Waals surface area contributed by atoms with Crippen LogP contribution in [0.4, 0.5) is 4.79 Å². The van der Waals surface area contributed by atoms with E-state index in [4.69, 9.17) is 9.47 Å². The third-order valence-electron chi connectivity index (χ3n) is 6.51. The van der Waals surface area contributed by atoms with Crippen LogP contribution in [-0.2, 0) is 36.1 Å². The van der Waals surface area contributed by atoms with Crippen LogP contribution in [0.2, 0.25) is 0 Å². The molecule has 9 N–H and O–H groups in total. The molecule has 1 saturated heterocycles. The first-order valence-corrected chi connectivity index (χ1v) is 13.7. The fraction of sp³-hybridized carbons (Fsp3) is 0.760. The van der Waals surface area contributed by atoms with Gasteiger partial charge in [0.05, 0.1) is 30.6 Å². The van der Waals surface area contributed by atoms with Crippen molar-refractivity contribution in [2.45, 2.75) is 108 Å². The summed E-state index contributed by atoms with van der Waals surface area (Å²) in [5.41, 5.74) is -2.87. The number of nitrogens with one attached hydrogen (secondary N) is 3. The van der Waals surface area contributed by atoms with E-state index < -0.39 is 84.8 Å². The minimum atomic E-state index is -2.38. The Morgan fingerprint density at radius 3 is 2.44 bits per heavy atom. The normalized spacial score (nSPS) is 24.4. The van der Waals surface area contributed by atoms with E-state index in [0.29, 0.717) is 19.4 Å². The molecule has 1 aliphatic rings. The standard InChI is InChI=1S/C25H42N6O12/c1-13(33)27-18-16(34)9-25(22(39)40,42-20(18)19(36)17(35)12-32)31-11-14(29-30-31)10-26-8-6-5-7-15(21(37)38)28-23(41)43-24(2,3)4/h11,15-20,26,32,34-36H,5-10,12H2,1-4H3,(H,27,33)(H,28,41)(H,37,38)(H,39,40)/t15-,16-,17+,18+,19+,20+,25+/m0/s1. The van der Waals surface area contributed by atoms with E-state index in [0.717, 1.165) is 11.6 Å². The van der Waals surface area contributed by atoms with Crippen LogP contribution in [-0.4, -0.2) is 125 Å². The summed E-state index contributed by atoms with van der Waals surface area (Å²) >= 11 is 0. The van der Waals surface area contributed by atoms with Crippen LogP contribution in [0.1, 0.15) is 59.1 Å². The van der Waals surface area contributed by atoms with Gasteiger partial charge in [-0.15, -0.1) is 5.10 Å². The Balaban J connectivity index is 2.01. The molecule has 2 rings (SSSR count). The second-order valence-corrected chi connectivity index (χ2v) is 11.3. The molecule has 244 valence electrons. The fourth-order valence-corrected chi connectivity index (χ4v) is 4.46. The van der Waals surface area contributed by atoms with Crippen molar-refractivity contribution in [2.75, 3.05) is 13.2 Å². The summed E-state index contributed by atoms with van der Waals surface area (Å²) in [5.74, 6) is -3.40. The molecular formula is C25H42N6O12. The summed E-state index contributed by atoms with van der Waals surface area (Å²) in [4.78, 5) is 47.5. The van der Waals surface area contributed by atoms with Crippen molar-refractivity contribution in [1.82, 2.24) is 30.9 Å². The van der Waals surface area contributed by atoms with Crippen molar-refractivity contribution in [3.8, 4) is 0 Å². The van der Waals surface area contributed by atoms with E-state index in [1.54, 1.807) is 20.8 Å². The number of aromatic nitrogens is 3. The summed E-state index contributed by atoms with van der Waals surface area (Å²) in [6, 6.07) is -2.44. The van der Waals surface area contributed by atoms with Gasteiger partial charge in [-0.05, 0) is 46.6 Å². The molecule has 2 heterocycles. The predicted octanol–water partition coefficient (Wildman–Crippen LogP) is -2.38. The number of unbranched alkanes of at least 4 members (excludes halogenated alkanes) is 1. The van der Waals surface area contributed by atoms with Gasteiger partial charge in [-0.1, -0.05) is 5.21 Å². The van der Waals surface area contributed by atoms with E-state index in [9.17, 15) is 49.8 Å². The SMILES string of the molecule is CC(=O)N[C@H]1[C@H]([C@H](O)[C@H](O)CO)O[C@](C(=O)O)(n2cc(CNCCCC[C@H](NC(=O)OC(C)(C)C)C(=O)O)nn2)C[C@@H]1O. The largest absolute Gasteiger partial charge is 0.480 e. The van der Waals surface area contributed by atoms with Crippen LogP contribution >= 0.6 is 0 Å². The summed E-state index contributed by atoms with van der Waals surface area (Å²) in [6.07, 6.45) is -5.93. The molecule has 0 bridgehead atoms. The quantitative estimate of drug-likeness (QED) is 0.0928. The van der Waals surface area contributed by atoms with Gasteiger partial charge in [0.2, 0.25) is 5.91 Å². The Hall–Kier alpha value is -3.42. The maximum Gasteiger partial charge on any atom is 0.408 e. The monoisotopic (exact) mass is 618 g/mol. The Morgan fingerprint density at radius 1 is 1.21 bits per heavy atom. The molecule has 18 heteroatoms. The smallest absolute Gasteiger partial charge is 0.408 e. The zero-order chi connectivity index (χ0) is 32.5. The summed E-state index contributed by atoms with van der Waals surface area (Å²) in [6.45, 7) is 5.76. The van der Waals surface area contributed by atoms with E-state index in [1.165, 1.54) is 6.20 Å². The number of carbonyl (C=O) groups excluding carboxylic acids is 2. The van der Waals surface area contributed by atoms with Crippen molar-refractivity contribution in [2.24, 2.45) is 0 Å². The van der Waals surface area contributed by atoms with Gasteiger partial charge < -0.3 is 56.1 Å². The molecule has 0 saturated carbocycles. The van der Waals surface area contributed by atoms with Gasteiger partial charge >= 0.3 is 18.0 Å². The first-order chi connectivity index (χ1) is 20.0. The third-order valence-corrected chi connectivity index (χ3v) is 6.51. The lowest BCUT2D eigenvalue weighted by Gasteiger charge is -2.46. The van der Waals surface area contributed by atoms with Gasteiger partial charge in [-0.2, -0.15) is 0 Å². The molecule has 0 spiro atoms. The number of hydrogen-bond donors (Lipinski definition) is 9. The van der Waals surface area contributed by atoms with E-state index in [2.05, 4.69) is 26.3 Å². The molecule has 0 aromatic carbocycles. The number of amides is 2. The molecule has 1 fully saturated rings. The topological polar surface area (TPSA) is 275 Å². The Labute approximate surface area is 247 Å². The first kappa shape index (κ1) is 35.8. The van der Waals surface area contributed by atoms with Gasteiger partial charge in [-0.3, -0.25) is 4.79 Å². The molecular weight excluding hydrogens is 576 g/mol. The molecule has 0 unspecified atom stereocenters. The van der Waals surface area contributed by atoms with E-state index in [1.807, 2.05) is 0 Å². The van der Waals surface area contributed by atoms with E-state index in [-0.39, 0.29) is 18.7 Å². The third kappa shape index (κ3) is 10.1. The number of ether oxygens (including phenoxy) is 2. The number of aliphatic carboxylic acids is 2. The molecule has 18 nitrogen and oxygen atoms in total. The predicted molar refractivity (Wildman–Crippen MR) is 144 cm³/mol.